The zero-order chi connectivity index (χ0) is 16.4. The second-order valence-electron chi connectivity index (χ2n) is 4.72. The molecule has 0 aliphatic rings. The molecule has 3 N–H and O–H groups in total. The van der Waals surface area contributed by atoms with Gasteiger partial charge in [-0.05, 0) is 32.0 Å². The van der Waals surface area contributed by atoms with Crippen molar-refractivity contribution in [2.45, 2.75) is 26.1 Å². The van der Waals surface area contributed by atoms with Crippen LogP contribution in [0.3, 0.4) is 0 Å². The fraction of sp³-hybridized carbons (Fsp3) is 0.385. The van der Waals surface area contributed by atoms with E-state index in [2.05, 4.69) is 0 Å². The summed E-state index contributed by atoms with van der Waals surface area (Å²) in [4.78, 5) is 23.0. The summed E-state index contributed by atoms with van der Waals surface area (Å²) in [7, 11) is 0. The number of amides is 1. The molecule has 1 amide bonds. The molecule has 1 aromatic carbocycles. The van der Waals surface area contributed by atoms with Crippen molar-refractivity contribution in [3.05, 3.63) is 29.3 Å². The van der Waals surface area contributed by atoms with Gasteiger partial charge in [0.15, 0.2) is 0 Å². The third kappa shape index (κ3) is 4.11. The van der Waals surface area contributed by atoms with Gasteiger partial charge in [0.05, 0.1) is 17.7 Å². The third-order valence-electron chi connectivity index (χ3n) is 2.81. The molecule has 0 aliphatic heterocycles. The normalized spacial score (nSPS) is 11.5. The summed E-state index contributed by atoms with van der Waals surface area (Å²) in [6.07, 6.45) is -4.74. The number of hydrogen-bond donors (Lipinski definition) is 2. The van der Waals surface area contributed by atoms with Crippen LogP contribution in [0.5, 0.6) is 0 Å². The first-order valence-corrected chi connectivity index (χ1v) is 6.03. The molecule has 0 bridgehead atoms. The van der Waals surface area contributed by atoms with Gasteiger partial charge in [0.2, 0.25) is 5.91 Å². The second kappa shape index (κ2) is 6.02. The molecule has 8 heteroatoms. The summed E-state index contributed by atoms with van der Waals surface area (Å²) >= 11 is 0. The Labute approximate surface area is 119 Å². The minimum Gasteiger partial charge on any atom is -0.478 e. The number of aromatic carboxylic acids is 1. The molecule has 0 saturated carbocycles. The van der Waals surface area contributed by atoms with Crippen LogP contribution in [0, 0.1) is 0 Å². The van der Waals surface area contributed by atoms with Crippen LogP contribution in [0.15, 0.2) is 18.2 Å². The van der Waals surface area contributed by atoms with Gasteiger partial charge in [-0.15, -0.1) is 0 Å². The van der Waals surface area contributed by atoms with Crippen LogP contribution in [-0.4, -0.2) is 29.6 Å². The maximum atomic E-state index is 13.1. The molecule has 0 unspecified atom stereocenters. The maximum absolute atomic E-state index is 13.1. The zero-order valence-electron chi connectivity index (χ0n) is 11.4. The van der Waals surface area contributed by atoms with Crippen molar-refractivity contribution in [1.29, 1.82) is 0 Å². The number of hydrogen-bond acceptors (Lipinski definition) is 3. The van der Waals surface area contributed by atoms with Gasteiger partial charge in [-0.1, -0.05) is 0 Å². The number of nitrogens with two attached hydrogens (primary N) is 1. The van der Waals surface area contributed by atoms with E-state index in [4.69, 9.17) is 10.8 Å². The predicted octanol–water partition coefficient (Wildman–Crippen LogP) is 2.10. The van der Waals surface area contributed by atoms with E-state index < -0.39 is 41.8 Å². The first kappa shape index (κ1) is 16.8. The quantitative estimate of drug-likeness (QED) is 0.872. The molecule has 0 spiro atoms. The summed E-state index contributed by atoms with van der Waals surface area (Å²) in [5, 5.41) is 8.80. The first-order valence-electron chi connectivity index (χ1n) is 6.03. The summed E-state index contributed by atoms with van der Waals surface area (Å²) < 4.78 is 39.4. The monoisotopic (exact) mass is 304 g/mol. The third-order valence-corrected chi connectivity index (χ3v) is 2.81. The summed E-state index contributed by atoms with van der Waals surface area (Å²) in [6, 6.07) is 2.22. The average Bonchev–Trinajstić information content (AvgIpc) is 2.33. The van der Waals surface area contributed by atoms with Gasteiger partial charge in [0.1, 0.15) is 0 Å². The summed E-state index contributed by atoms with van der Waals surface area (Å²) in [6.45, 7) is 2.82. The van der Waals surface area contributed by atoms with Crippen molar-refractivity contribution in [3.8, 4) is 0 Å². The van der Waals surface area contributed by atoms with Crippen molar-refractivity contribution < 1.29 is 27.9 Å². The van der Waals surface area contributed by atoms with E-state index in [9.17, 15) is 22.8 Å². The fourth-order valence-corrected chi connectivity index (χ4v) is 1.86. The number of carbonyl (C=O) groups is 2. The number of nitrogens with zero attached hydrogens (tertiary/aromatic N) is 1. The molecule has 21 heavy (non-hydrogen) atoms. The Morgan fingerprint density at radius 3 is 2.29 bits per heavy atom. The molecule has 1 aromatic rings. The van der Waals surface area contributed by atoms with Crippen LogP contribution >= 0.6 is 0 Å². The maximum Gasteiger partial charge on any atom is 0.418 e. The summed E-state index contributed by atoms with van der Waals surface area (Å²) in [5.41, 5.74) is 3.18. The van der Waals surface area contributed by atoms with Gasteiger partial charge in [-0.3, -0.25) is 4.79 Å². The lowest BCUT2D eigenvalue weighted by Crippen LogP contribution is -2.39. The topological polar surface area (TPSA) is 83.6 Å². The lowest BCUT2D eigenvalue weighted by molar-refractivity contribution is -0.137. The number of anilines is 1. The highest BCUT2D eigenvalue weighted by Crippen LogP contribution is 2.37. The van der Waals surface area contributed by atoms with Crippen LogP contribution in [-0.2, 0) is 11.0 Å². The molecule has 0 heterocycles. The minimum atomic E-state index is -4.74. The first-order chi connectivity index (χ1) is 9.54. The molecular weight excluding hydrogens is 289 g/mol. The van der Waals surface area contributed by atoms with E-state index in [-0.39, 0.29) is 5.69 Å². The Morgan fingerprint density at radius 1 is 1.33 bits per heavy atom. The molecule has 1 rings (SSSR count). The number of benzene rings is 1. The second-order valence-corrected chi connectivity index (χ2v) is 4.72. The highest BCUT2D eigenvalue weighted by molar-refractivity contribution is 5.89. The predicted molar refractivity (Wildman–Crippen MR) is 70.1 cm³/mol. The molecule has 0 atom stereocenters. The van der Waals surface area contributed by atoms with E-state index in [1.54, 1.807) is 13.8 Å². The van der Waals surface area contributed by atoms with E-state index in [1.165, 1.54) is 4.90 Å². The van der Waals surface area contributed by atoms with Crippen molar-refractivity contribution in [1.82, 2.24) is 0 Å². The average molecular weight is 304 g/mol. The van der Waals surface area contributed by atoms with Crippen molar-refractivity contribution >= 4 is 17.6 Å². The molecule has 0 radical (unpaired) electrons. The SMILES string of the molecule is CC(C)N(CC(N)=O)c1ccc(C(=O)O)cc1C(F)(F)F. The van der Waals surface area contributed by atoms with Crippen molar-refractivity contribution in [2.75, 3.05) is 11.4 Å². The van der Waals surface area contributed by atoms with Crippen molar-refractivity contribution in [3.63, 3.8) is 0 Å². The number of primary amides is 1. The molecule has 0 aromatic heterocycles. The minimum absolute atomic E-state index is 0.277. The Balaban J connectivity index is 3.45. The largest absolute Gasteiger partial charge is 0.478 e. The van der Waals surface area contributed by atoms with Gasteiger partial charge in [0, 0.05) is 11.7 Å². The smallest absolute Gasteiger partial charge is 0.418 e. The van der Waals surface area contributed by atoms with Crippen LogP contribution in [0.4, 0.5) is 18.9 Å². The number of carboxylic acid groups (broad SMARTS) is 1. The summed E-state index contributed by atoms with van der Waals surface area (Å²) in [5.74, 6) is -2.24. The van der Waals surface area contributed by atoms with Gasteiger partial charge in [-0.2, -0.15) is 13.2 Å². The fourth-order valence-electron chi connectivity index (χ4n) is 1.86. The Bertz CT molecular complexity index is 556. The number of carboxylic acids is 1. The Morgan fingerprint density at radius 2 is 1.90 bits per heavy atom. The van der Waals surface area contributed by atoms with E-state index in [0.29, 0.717) is 6.07 Å². The zero-order valence-corrected chi connectivity index (χ0v) is 11.4. The highest BCUT2D eigenvalue weighted by atomic mass is 19.4. The van der Waals surface area contributed by atoms with Crippen LogP contribution in [0.1, 0.15) is 29.8 Å². The Kier molecular flexibility index (Phi) is 4.82. The standard InChI is InChI=1S/C13H15F3N2O3/c1-7(2)18(6-11(17)19)10-4-3-8(12(20)21)5-9(10)13(14,15)16/h3-5,7H,6H2,1-2H3,(H2,17,19)(H,20,21). The van der Waals surface area contributed by atoms with E-state index >= 15 is 0 Å². The molecule has 116 valence electrons. The number of rotatable bonds is 5. The molecule has 5 nitrogen and oxygen atoms in total. The highest BCUT2D eigenvalue weighted by Gasteiger charge is 2.36. The van der Waals surface area contributed by atoms with Gasteiger partial charge in [0.25, 0.3) is 0 Å². The molecule has 0 aliphatic carbocycles. The van der Waals surface area contributed by atoms with Crippen molar-refractivity contribution in [2.24, 2.45) is 5.73 Å². The van der Waals surface area contributed by atoms with E-state index in [0.717, 1.165) is 12.1 Å². The number of halogens is 3. The Hall–Kier alpha value is -2.25. The molecule has 0 fully saturated rings. The molecular formula is C13H15F3N2O3. The number of carbonyl (C=O) groups excluding carboxylic acids is 1. The lowest BCUT2D eigenvalue weighted by Gasteiger charge is -2.30. The number of alkyl halides is 3. The van der Waals surface area contributed by atoms with Gasteiger partial charge < -0.3 is 15.7 Å². The lowest BCUT2D eigenvalue weighted by atomic mass is 10.1. The van der Waals surface area contributed by atoms with Crippen LogP contribution in [0.2, 0.25) is 0 Å². The molecule has 0 saturated heterocycles. The van der Waals surface area contributed by atoms with E-state index in [1.807, 2.05) is 0 Å². The van der Waals surface area contributed by atoms with Gasteiger partial charge in [-0.25, -0.2) is 4.79 Å². The van der Waals surface area contributed by atoms with Crippen LogP contribution < -0.4 is 10.6 Å². The van der Waals surface area contributed by atoms with Crippen LogP contribution in [0.25, 0.3) is 0 Å². The van der Waals surface area contributed by atoms with Gasteiger partial charge >= 0.3 is 12.1 Å².